The average molecular weight is 844 g/mol. The summed E-state index contributed by atoms with van der Waals surface area (Å²) < 4.78 is 33.4. The number of hydrogen-bond donors (Lipinski definition) is 1. The van der Waals surface area contributed by atoms with Crippen molar-refractivity contribution in [2.75, 3.05) is 40.5 Å². The predicted octanol–water partition coefficient (Wildman–Crippen LogP) is 13.2. The number of carbonyl (C=O) groups excluding carboxylic acids is 2. The van der Waals surface area contributed by atoms with E-state index in [0.717, 1.165) is 64.2 Å². The molecule has 0 saturated heterocycles. The van der Waals surface area contributed by atoms with E-state index < -0.39 is 32.5 Å². The Bertz CT molecular complexity index is 1300. The van der Waals surface area contributed by atoms with Crippen molar-refractivity contribution in [3.8, 4) is 0 Å². The minimum absolute atomic E-state index is 0.0153. The van der Waals surface area contributed by atoms with Crippen LogP contribution in [0.3, 0.4) is 0 Å². The van der Waals surface area contributed by atoms with Gasteiger partial charge in [0.2, 0.25) is 0 Å². The van der Waals surface area contributed by atoms with Crippen molar-refractivity contribution in [2.24, 2.45) is 0 Å². The number of esters is 2. The van der Waals surface area contributed by atoms with Crippen LogP contribution in [0, 0.1) is 0 Å². The molecule has 0 aromatic carbocycles. The van der Waals surface area contributed by atoms with Crippen LogP contribution in [0.4, 0.5) is 0 Å². The second-order valence-electron chi connectivity index (χ2n) is 14.9. The van der Waals surface area contributed by atoms with Gasteiger partial charge < -0.3 is 19.3 Å². The molecule has 59 heavy (non-hydrogen) atoms. The number of unbranched alkanes of at least 4 members (excludes halogenated alkanes) is 10. The molecule has 0 bridgehead atoms. The van der Waals surface area contributed by atoms with Crippen LogP contribution < -0.4 is 0 Å². The van der Waals surface area contributed by atoms with E-state index in [1.165, 1.54) is 51.4 Å². The first-order valence-electron chi connectivity index (χ1n) is 22.5. The Balaban J connectivity index is 4.47. The second kappa shape index (κ2) is 43.0. The number of nitrogens with zero attached hydrogens (tertiary/aromatic N) is 1. The van der Waals surface area contributed by atoms with Crippen molar-refractivity contribution in [3.63, 3.8) is 0 Å². The number of phosphoric ester groups is 1. The SMILES string of the molecule is CCCCC/C=C\C/C=C\C/C=C\C/C=C\C/C=C\CCC(=O)OC(COC(=O)CCCCCC/C=C\C/C=C\C/C=C\CCCCC)COP(=O)(O)OCCN(C)C. The molecule has 0 aromatic rings. The van der Waals surface area contributed by atoms with Gasteiger partial charge in [0.25, 0.3) is 0 Å². The first-order chi connectivity index (χ1) is 28.7. The molecule has 0 heterocycles. The van der Waals surface area contributed by atoms with Crippen molar-refractivity contribution >= 4 is 19.8 Å². The highest BCUT2D eigenvalue weighted by Gasteiger charge is 2.26. The van der Waals surface area contributed by atoms with Crippen molar-refractivity contribution in [1.29, 1.82) is 0 Å². The van der Waals surface area contributed by atoms with Gasteiger partial charge in [-0.1, -0.05) is 150 Å². The van der Waals surface area contributed by atoms with Crippen LogP contribution in [-0.4, -0.2) is 68.3 Å². The average Bonchev–Trinajstić information content (AvgIpc) is 3.20. The summed E-state index contributed by atoms with van der Waals surface area (Å²) in [6, 6.07) is 0. The van der Waals surface area contributed by atoms with Gasteiger partial charge in [0.1, 0.15) is 6.61 Å². The second-order valence-corrected chi connectivity index (χ2v) is 16.3. The summed E-state index contributed by atoms with van der Waals surface area (Å²) in [7, 11) is -0.772. The predicted molar refractivity (Wildman–Crippen MR) is 247 cm³/mol. The van der Waals surface area contributed by atoms with E-state index in [1.807, 2.05) is 26.2 Å². The third kappa shape index (κ3) is 44.3. The number of phosphoric acid groups is 1. The lowest BCUT2D eigenvalue weighted by Crippen LogP contribution is -2.29. The third-order valence-electron chi connectivity index (χ3n) is 8.88. The van der Waals surface area contributed by atoms with Crippen LogP contribution in [-0.2, 0) is 32.7 Å². The lowest BCUT2D eigenvalue weighted by Gasteiger charge is -2.20. The van der Waals surface area contributed by atoms with E-state index >= 15 is 0 Å². The lowest BCUT2D eigenvalue weighted by atomic mass is 10.1. The molecule has 9 nitrogen and oxygen atoms in total. The summed E-state index contributed by atoms with van der Waals surface area (Å²) >= 11 is 0. The molecule has 0 aliphatic rings. The number of hydrogen-bond acceptors (Lipinski definition) is 8. The molecule has 0 fully saturated rings. The Kier molecular flexibility index (Phi) is 40.8. The lowest BCUT2D eigenvalue weighted by molar-refractivity contribution is -0.161. The first kappa shape index (κ1) is 55.9. The van der Waals surface area contributed by atoms with Gasteiger partial charge in [-0.25, -0.2) is 4.57 Å². The minimum atomic E-state index is -4.40. The van der Waals surface area contributed by atoms with Gasteiger partial charge in [-0.15, -0.1) is 0 Å². The maximum Gasteiger partial charge on any atom is 0.472 e. The van der Waals surface area contributed by atoms with Crippen LogP contribution in [0.5, 0.6) is 0 Å². The monoisotopic (exact) mass is 844 g/mol. The van der Waals surface area contributed by atoms with Crippen LogP contribution in [0.25, 0.3) is 0 Å². The summed E-state index contributed by atoms with van der Waals surface area (Å²) in [5.41, 5.74) is 0. The molecule has 1 N–H and O–H groups in total. The molecule has 0 aliphatic heterocycles. The van der Waals surface area contributed by atoms with E-state index in [4.69, 9.17) is 18.5 Å². The van der Waals surface area contributed by atoms with E-state index in [9.17, 15) is 19.0 Å². The number of rotatable bonds is 40. The number of ether oxygens (including phenoxy) is 2. The zero-order valence-electron chi connectivity index (χ0n) is 37.4. The number of likely N-dealkylation sites (N-methyl/N-ethyl adjacent to an activating group) is 1. The van der Waals surface area contributed by atoms with Crippen molar-refractivity contribution in [1.82, 2.24) is 4.90 Å². The topological polar surface area (TPSA) is 112 Å². The molecule has 0 aromatic heterocycles. The first-order valence-corrected chi connectivity index (χ1v) is 24.0. The smallest absolute Gasteiger partial charge is 0.462 e. The Morgan fingerprint density at radius 3 is 1.41 bits per heavy atom. The summed E-state index contributed by atoms with van der Waals surface area (Å²) in [6.07, 6.45) is 54.7. The molecule has 0 aliphatic carbocycles. The molecule has 0 rings (SSSR count). The van der Waals surface area contributed by atoms with Crippen molar-refractivity contribution in [3.05, 3.63) is 97.2 Å². The van der Waals surface area contributed by atoms with Gasteiger partial charge in [0.15, 0.2) is 6.10 Å². The number of carbonyl (C=O) groups is 2. The normalized spacial score (nSPS) is 14.3. The fourth-order valence-corrected chi connectivity index (χ4v) is 6.12. The van der Waals surface area contributed by atoms with Crippen molar-refractivity contribution < 1.29 is 37.6 Å². The third-order valence-corrected chi connectivity index (χ3v) is 9.86. The van der Waals surface area contributed by atoms with E-state index in [2.05, 4.69) is 98.9 Å². The van der Waals surface area contributed by atoms with Crippen LogP contribution in [0.2, 0.25) is 0 Å². The summed E-state index contributed by atoms with van der Waals surface area (Å²) in [5, 5.41) is 0. The fraction of sp³-hybridized carbons (Fsp3) is 0.633. The molecule has 0 spiro atoms. The Morgan fingerprint density at radius 1 is 0.525 bits per heavy atom. The molecular weight excluding hydrogens is 762 g/mol. The summed E-state index contributed by atoms with van der Waals surface area (Å²) in [4.78, 5) is 37.0. The van der Waals surface area contributed by atoms with Gasteiger partial charge in [-0.05, 0) is 104 Å². The molecule has 2 atom stereocenters. The summed E-state index contributed by atoms with van der Waals surface area (Å²) in [5.74, 6) is -0.934. The van der Waals surface area contributed by atoms with Crippen molar-refractivity contribution in [2.45, 2.75) is 161 Å². The highest BCUT2D eigenvalue weighted by Crippen LogP contribution is 2.43. The Morgan fingerprint density at radius 2 is 0.949 bits per heavy atom. The van der Waals surface area contributed by atoms with Gasteiger partial charge in [-0.3, -0.25) is 18.6 Å². The van der Waals surface area contributed by atoms with Crippen LogP contribution >= 0.6 is 7.82 Å². The molecule has 336 valence electrons. The standard InChI is InChI=1S/C49H82NO8P/c1-5-7-9-11-13-15-17-19-21-23-24-26-28-30-32-34-36-38-40-42-49(52)58-47(46-57-59(53,54)56-44-43-50(3)4)45-55-48(51)41-39-37-35-33-31-29-27-25-22-20-18-16-14-12-10-8-6-2/h13-16,19-22,24,26-27,29-30,32,36,38,47H,5-12,17-18,23,25,28,31,33-35,37,39-46H2,1-4H3,(H,53,54)/b15-13-,16-14-,21-19-,22-20-,26-24-,29-27-,32-30-,38-36-. The van der Waals surface area contributed by atoms with Gasteiger partial charge in [-0.2, -0.15) is 0 Å². The van der Waals surface area contributed by atoms with Gasteiger partial charge >= 0.3 is 19.8 Å². The zero-order valence-corrected chi connectivity index (χ0v) is 38.3. The molecule has 0 radical (unpaired) electrons. The fourth-order valence-electron chi connectivity index (χ4n) is 5.38. The molecule has 2 unspecified atom stereocenters. The van der Waals surface area contributed by atoms with Gasteiger partial charge in [0.05, 0.1) is 13.2 Å². The molecule has 0 amide bonds. The largest absolute Gasteiger partial charge is 0.472 e. The Labute approximate surface area is 360 Å². The molecule has 0 saturated carbocycles. The van der Waals surface area contributed by atoms with Crippen LogP contribution in [0.15, 0.2) is 97.2 Å². The van der Waals surface area contributed by atoms with E-state index in [1.54, 1.807) is 4.90 Å². The van der Waals surface area contributed by atoms with E-state index in [-0.39, 0.29) is 26.1 Å². The quantitative estimate of drug-likeness (QED) is 0.0279. The Hall–Kier alpha value is -3.07. The highest BCUT2D eigenvalue weighted by molar-refractivity contribution is 7.47. The highest BCUT2D eigenvalue weighted by atomic mass is 31.2. The number of allylic oxidation sites excluding steroid dienone is 16. The summed E-state index contributed by atoms with van der Waals surface area (Å²) in [6.45, 7) is 4.13. The minimum Gasteiger partial charge on any atom is -0.462 e. The molecule has 10 heteroatoms. The van der Waals surface area contributed by atoms with Gasteiger partial charge in [0, 0.05) is 19.4 Å². The maximum atomic E-state index is 12.6. The van der Waals surface area contributed by atoms with Crippen LogP contribution in [0.1, 0.15) is 155 Å². The maximum absolute atomic E-state index is 12.6. The molecular formula is C49H82NO8P. The van der Waals surface area contributed by atoms with E-state index in [0.29, 0.717) is 19.4 Å². The zero-order chi connectivity index (χ0) is 43.3.